The average Bonchev–Trinajstić information content (AvgIpc) is 2.48. The summed E-state index contributed by atoms with van der Waals surface area (Å²) in [5.41, 5.74) is 0. The lowest BCUT2D eigenvalue weighted by Gasteiger charge is -2.32. The van der Waals surface area contributed by atoms with E-state index in [0.717, 1.165) is 37.3 Å². The van der Waals surface area contributed by atoms with Crippen LogP contribution in [0.2, 0.25) is 0 Å². The van der Waals surface area contributed by atoms with Gasteiger partial charge in [0.2, 0.25) is 0 Å². The molecule has 1 fully saturated rings. The van der Waals surface area contributed by atoms with Crippen LogP contribution in [0.25, 0.3) is 0 Å². The van der Waals surface area contributed by atoms with Gasteiger partial charge in [0.15, 0.2) is 0 Å². The van der Waals surface area contributed by atoms with Crippen molar-refractivity contribution in [1.82, 2.24) is 4.90 Å². The molecule has 1 aromatic rings. The quantitative estimate of drug-likeness (QED) is 0.873. The van der Waals surface area contributed by atoms with E-state index in [-0.39, 0.29) is 18.4 Å². The summed E-state index contributed by atoms with van der Waals surface area (Å²) in [7, 11) is 1.62. The van der Waals surface area contributed by atoms with Gasteiger partial charge in [0.05, 0.1) is 7.11 Å². The van der Waals surface area contributed by atoms with Crippen LogP contribution in [0, 0.1) is 0 Å². The van der Waals surface area contributed by atoms with Gasteiger partial charge in [-0.15, -0.1) is 12.4 Å². The van der Waals surface area contributed by atoms with Crippen LogP contribution < -0.4 is 9.47 Å². The molecule has 6 heteroatoms. The second kappa shape index (κ2) is 8.74. The minimum Gasteiger partial charge on any atom is -0.497 e. The highest BCUT2D eigenvalue weighted by Gasteiger charge is 2.27. The number of carbonyl (C=O) groups is 1. The van der Waals surface area contributed by atoms with Crippen LogP contribution >= 0.6 is 12.4 Å². The minimum absolute atomic E-state index is 0. The molecule has 21 heavy (non-hydrogen) atoms. The maximum Gasteiger partial charge on any atom is 0.320 e. The van der Waals surface area contributed by atoms with E-state index in [1.54, 1.807) is 7.11 Å². The number of carboxylic acids is 1. The molecule has 1 atom stereocenters. The topological polar surface area (TPSA) is 59.0 Å². The third-order valence-electron chi connectivity index (χ3n) is 3.61. The van der Waals surface area contributed by atoms with E-state index in [2.05, 4.69) is 0 Å². The van der Waals surface area contributed by atoms with Gasteiger partial charge in [0.1, 0.15) is 24.1 Å². The predicted molar refractivity (Wildman–Crippen MR) is 82.6 cm³/mol. The highest BCUT2D eigenvalue weighted by molar-refractivity contribution is 5.85. The van der Waals surface area contributed by atoms with Crippen molar-refractivity contribution in [2.45, 2.75) is 25.3 Å². The Bertz CT molecular complexity index is 438. The first-order chi connectivity index (χ1) is 9.70. The summed E-state index contributed by atoms with van der Waals surface area (Å²) in [6.45, 7) is 1.97. The molecule has 0 aromatic heterocycles. The number of piperidine rings is 1. The minimum atomic E-state index is -0.728. The van der Waals surface area contributed by atoms with E-state index >= 15 is 0 Å². The second-order valence-electron chi connectivity index (χ2n) is 4.91. The van der Waals surface area contributed by atoms with Crippen LogP contribution in [0.4, 0.5) is 0 Å². The van der Waals surface area contributed by atoms with Gasteiger partial charge in [-0.2, -0.15) is 0 Å². The van der Waals surface area contributed by atoms with Gasteiger partial charge in [-0.3, -0.25) is 9.69 Å². The molecule has 1 unspecified atom stereocenters. The van der Waals surface area contributed by atoms with Gasteiger partial charge in [-0.25, -0.2) is 0 Å². The molecule has 1 aromatic carbocycles. The van der Waals surface area contributed by atoms with Crippen molar-refractivity contribution in [2.24, 2.45) is 0 Å². The van der Waals surface area contributed by atoms with Gasteiger partial charge in [0, 0.05) is 6.54 Å². The fourth-order valence-electron chi connectivity index (χ4n) is 2.49. The summed E-state index contributed by atoms with van der Waals surface area (Å²) >= 11 is 0. The smallest absolute Gasteiger partial charge is 0.320 e. The number of hydrogen-bond donors (Lipinski definition) is 1. The molecule has 118 valence electrons. The van der Waals surface area contributed by atoms with Crippen LogP contribution in [0.1, 0.15) is 19.3 Å². The molecule has 1 N–H and O–H groups in total. The van der Waals surface area contributed by atoms with E-state index < -0.39 is 5.97 Å². The number of ether oxygens (including phenoxy) is 2. The van der Waals surface area contributed by atoms with Gasteiger partial charge >= 0.3 is 5.97 Å². The van der Waals surface area contributed by atoms with Gasteiger partial charge in [-0.1, -0.05) is 6.42 Å². The molecule has 0 radical (unpaired) electrons. The first kappa shape index (κ1) is 17.6. The van der Waals surface area contributed by atoms with Crippen LogP contribution in [0.15, 0.2) is 24.3 Å². The standard InChI is InChI=1S/C15H21NO4.ClH/c1-19-12-5-7-13(8-6-12)20-11-10-16-9-3-2-4-14(16)15(17)18;/h5-8,14H,2-4,9-11H2,1H3,(H,17,18);1H. The molecule has 0 spiro atoms. The molecule has 0 saturated carbocycles. The number of nitrogens with zero attached hydrogens (tertiary/aromatic N) is 1. The van der Waals surface area contributed by atoms with Crippen LogP contribution in [0.5, 0.6) is 11.5 Å². The van der Waals surface area contributed by atoms with E-state index in [1.165, 1.54) is 0 Å². The zero-order valence-corrected chi connectivity index (χ0v) is 13.0. The number of benzene rings is 1. The lowest BCUT2D eigenvalue weighted by atomic mass is 10.0. The Balaban J connectivity index is 0.00000220. The molecule has 2 rings (SSSR count). The summed E-state index contributed by atoms with van der Waals surface area (Å²) < 4.78 is 10.7. The number of carboxylic acid groups (broad SMARTS) is 1. The largest absolute Gasteiger partial charge is 0.497 e. The molecule has 0 aliphatic carbocycles. The zero-order chi connectivity index (χ0) is 14.4. The summed E-state index contributed by atoms with van der Waals surface area (Å²) in [6, 6.07) is 7.03. The van der Waals surface area contributed by atoms with Crippen molar-refractivity contribution < 1.29 is 19.4 Å². The number of rotatable bonds is 6. The molecule has 0 bridgehead atoms. The predicted octanol–water partition coefficient (Wildman–Crippen LogP) is 2.43. The average molecular weight is 316 g/mol. The Kier molecular flexibility index (Phi) is 7.32. The van der Waals surface area contributed by atoms with Crippen molar-refractivity contribution in [1.29, 1.82) is 0 Å². The number of methoxy groups -OCH3 is 1. The summed E-state index contributed by atoms with van der Waals surface area (Å²) in [5, 5.41) is 9.19. The molecular formula is C15H22ClNO4. The lowest BCUT2D eigenvalue weighted by molar-refractivity contribution is -0.144. The van der Waals surface area contributed by atoms with E-state index in [1.807, 2.05) is 29.2 Å². The maximum atomic E-state index is 11.2. The second-order valence-corrected chi connectivity index (χ2v) is 4.91. The fourth-order valence-corrected chi connectivity index (χ4v) is 2.49. The van der Waals surface area contributed by atoms with Crippen molar-refractivity contribution >= 4 is 18.4 Å². The Labute approximate surface area is 131 Å². The van der Waals surface area contributed by atoms with E-state index in [0.29, 0.717) is 13.2 Å². The lowest BCUT2D eigenvalue weighted by Crippen LogP contribution is -2.46. The molecule has 1 aliphatic heterocycles. The van der Waals surface area contributed by atoms with E-state index in [4.69, 9.17) is 9.47 Å². The molecule has 1 aliphatic rings. The van der Waals surface area contributed by atoms with Crippen molar-refractivity contribution in [3.63, 3.8) is 0 Å². The third kappa shape index (κ3) is 5.10. The number of halogens is 1. The first-order valence-corrected chi connectivity index (χ1v) is 6.94. The summed E-state index contributed by atoms with van der Waals surface area (Å²) in [6.07, 6.45) is 2.79. The SMILES string of the molecule is COc1ccc(OCCN2CCCCC2C(=O)O)cc1.Cl. The third-order valence-corrected chi connectivity index (χ3v) is 3.61. The molecule has 0 amide bonds. The normalized spacial score (nSPS) is 18.6. The first-order valence-electron chi connectivity index (χ1n) is 6.94. The van der Waals surface area contributed by atoms with Crippen molar-refractivity contribution in [3.8, 4) is 11.5 Å². The summed E-state index contributed by atoms with van der Waals surface area (Å²) in [5.74, 6) is 0.836. The summed E-state index contributed by atoms with van der Waals surface area (Å²) in [4.78, 5) is 13.2. The van der Waals surface area contributed by atoms with Gasteiger partial charge in [0.25, 0.3) is 0 Å². The molecule has 5 nitrogen and oxygen atoms in total. The molecule has 1 saturated heterocycles. The maximum absolute atomic E-state index is 11.2. The monoisotopic (exact) mass is 315 g/mol. The highest BCUT2D eigenvalue weighted by atomic mass is 35.5. The Morgan fingerprint density at radius 2 is 1.95 bits per heavy atom. The molecular weight excluding hydrogens is 294 g/mol. The van der Waals surface area contributed by atoms with Gasteiger partial charge < -0.3 is 14.6 Å². The van der Waals surface area contributed by atoms with Crippen LogP contribution in [-0.2, 0) is 4.79 Å². The zero-order valence-electron chi connectivity index (χ0n) is 12.2. The number of aliphatic carboxylic acids is 1. The Morgan fingerprint density at radius 3 is 2.57 bits per heavy atom. The van der Waals surface area contributed by atoms with Gasteiger partial charge in [-0.05, 0) is 43.7 Å². The molecule has 1 heterocycles. The number of likely N-dealkylation sites (tertiary alicyclic amines) is 1. The fraction of sp³-hybridized carbons (Fsp3) is 0.533. The highest BCUT2D eigenvalue weighted by Crippen LogP contribution is 2.19. The van der Waals surface area contributed by atoms with Crippen LogP contribution in [-0.4, -0.2) is 48.8 Å². The Hall–Kier alpha value is -1.46. The van der Waals surface area contributed by atoms with Crippen molar-refractivity contribution in [3.05, 3.63) is 24.3 Å². The van der Waals surface area contributed by atoms with Crippen molar-refractivity contribution in [2.75, 3.05) is 26.8 Å². The Morgan fingerprint density at radius 1 is 1.29 bits per heavy atom. The van der Waals surface area contributed by atoms with Crippen LogP contribution in [0.3, 0.4) is 0 Å². The number of hydrogen-bond acceptors (Lipinski definition) is 4. The van der Waals surface area contributed by atoms with E-state index in [9.17, 15) is 9.90 Å².